The maximum Gasteiger partial charge on any atom is 0.265 e. The Hall–Kier alpha value is -3.35. The van der Waals surface area contributed by atoms with Gasteiger partial charge in [-0.3, -0.25) is 9.59 Å². The summed E-state index contributed by atoms with van der Waals surface area (Å²) in [6.07, 6.45) is 7.97. The molecule has 5 rings (SSSR count). The Bertz CT molecular complexity index is 1370. The lowest BCUT2D eigenvalue weighted by molar-refractivity contribution is -0.114. The van der Waals surface area contributed by atoms with Crippen LogP contribution < -0.4 is 10.2 Å². The number of hydrogen-bond acceptors (Lipinski definition) is 4. The first kappa shape index (κ1) is 28.2. The molecule has 2 aliphatic heterocycles. The van der Waals surface area contributed by atoms with Gasteiger partial charge in [0.15, 0.2) is 0 Å². The van der Waals surface area contributed by atoms with Crippen LogP contribution in [-0.4, -0.2) is 42.4 Å². The number of piperidine rings is 1. The molecule has 0 bridgehead atoms. The van der Waals surface area contributed by atoms with Crippen molar-refractivity contribution in [2.24, 2.45) is 0 Å². The second kappa shape index (κ2) is 13.3. The van der Waals surface area contributed by atoms with Crippen molar-refractivity contribution < 1.29 is 9.59 Å². The Labute approximate surface area is 242 Å². The van der Waals surface area contributed by atoms with E-state index in [9.17, 15) is 9.59 Å². The molecule has 0 aliphatic carbocycles. The van der Waals surface area contributed by atoms with Gasteiger partial charge in [-0.15, -0.1) is 0 Å². The number of nitrogens with one attached hydrogen (secondary N) is 1. The number of aryl methyl sites for hydroxylation is 1. The summed E-state index contributed by atoms with van der Waals surface area (Å²) in [7, 11) is 0. The Kier molecular flexibility index (Phi) is 9.40. The van der Waals surface area contributed by atoms with Crippen molar-refractivity contribution in [1.29, 1.82) is 0 Å². The molecule has 3 aromatic rings. The molecule has 1 N–H and O–H groups in total. The number of amides is 2. The van der Waals surface area contributed by atoms with Crippen molar-refractivity contribution in [2.75, 3.05) is 24.5 Å². The first-order valence-corrected chi connectivity index (χ1v) is 15.3. The fourth-order valence-corrected chi connectivity index (χ4v) is 6.74. The molecule has 1 unspecified atom stereocenters. The molecule has 1 fully saturated rings. The Morgan fingerprint density at radius 1 is 1.05 bits per heavy atom. The quantitative estimate of drug-likeness (QED) is 0.228. The van der Waals surface area contributed by atoms with Crippen molar-refractivity contribution in [3.05, 3.63) is 100.0 Å². The van der Waals surface area contributed by atoms with Gasteiger partial charge >= 0.3 is 0 Å². The van der Waals surface area contributed by atoms with E-state index in [1.54, 1.807) is 0 Å². The third-order valence-corrected chi connectivity index (χ3v) is 8.91. The second-order valence-corrected chi connectivity index (χ2v) is 11.9. The van der Waals surface area contributed by atoms with E-state index in [4.69, 9.17) is 0 Å². The minimum absolute atomic E-state index is 0.0487. The average molecular weight is 554 g/mol. The van der Waals surface area contributed by atoms with Gasteiger partial charge in [0.2, 0.25) is 0 Å². The van der Waals surface area contributed by atoms with E-state index in [0.29, 0.717) is 29.6 Å². The van der Waals surface area contributed by atoms with Crippen LogP contribution >= 0.6 is 11.8 Å². The lowest BCUT2D eigenvalue weighted by Crippen LogP contribution is -2.40. The van der Waals surface area contributed by atoms with Crippen LogP contribution in [0.25, 0.3) is 6.08 Å². The normalized spacial score (nSPS) is 18.6. The molecule has 0 saturated carbocycles. The van der Waals surface area contributed by atoms with E-state index in [1.807, 2.05) is 71.6 Å². The van der Waals surface area contributed by atoms with Gasteiger partial charge in [0, 0.05) is 29.6 Å². The van der Waals surface area contributed by atoms with Gasteiger partial charge < -0.3 is 15.1 Å². The molecular formula is C34H39N3O2S. The zero-order valence-electron chi connectivity index (χ0n) is 23.6. The molecule has 3 aromatic carbocycles. The van der Waals surface area contributed by atoms with Gasteiger partial charge in [0.25, 0.3) is 11.8 Å². The van der Waals surface area contributed by atoms with Crippen molar-refractivity contribution in [2.45, 2.75) is 63.4 Å². The number of anilines is 1. The van der Waals surface area contributed by atoms with Crippen LogP contribution in [0.3, 0.4) is 0 Å². The molecule has 1 saturated heterocycles. The molecule has 0 aromatic heterocycles. The van der Waals surface area contributed by atoms with Gasteiger partial charge in [-0.25, -0.2) is 0 Å². The number of carbonyl (C=O) groups excluding carboxylic acids is 2. The van der Waals surface area contributed by atoms with Crippen molar-refractivity contribution >= 4 is 35.3 Å². The Morgan fingerprint density at radius 3 is 2.70 bits per heavy atom. The highest BCUT2D eigenvalue weighted by atomic mass is 32.2. The van der Waals surface area contributed by atoms with Crippen molar-refractivity contribution in [1.82, 2.24) is 10.2 Å². The van der Waals surface area contributed by atoms with E-state index in [0.717, 1.165) is 40.2 Å². The fourth-order valence-electron chi connectivity index (χ4n) is 5.71. The molecule has 0 spiro atoms. The monoisotopic (exact) mass is 553 g/mol. The SMILES string of the molecule is CCC1CCCCN1CCCNC(=O)c1ccc2c(c1)N(Cc1cccc(C)c1)C(=O)/C(=C\c1ccccc1)S2. The molecule has 6 heteroatoms. The van der Waals surface area contributed by atoms with E-state index in [-0.39, 0.29) is 11.8 Å². The first-order valence-electron chi connectivity index (χ1n) is 14.5. The zero-order valence-corrected chi connectivity index (χ0v) is 24.4. The number of fused-ring (bicyclic) bond motifs is 1. The van der Waals surface area contributed by atoms with Gasteiger partial charge in [-0.05, 0) is 74.6 Å². The predicted molar refractivity (Wildman–Crippen MR) is 166 cm³/mol. The summed E-state index contributed by atoms with van der Waals surface area (Å²) in [6, 6.07) is 24.6. The molecule has 2 aliphatic rings. The molecule has 2 heterocycles. The zero-order chi connectivity index (χ0) is 27.9. The maximum absolute atomic E-state index is 13.8. The van der Waals surface area contributed by atoms with Gasteiger partial charge in [0.1, 0.15) is 0 Å². The van der Waals surface area contributed by atoms with Gasteiger partial charge in [-0.2, -0.15) is 0 Å². The molecule has 40 heavy (non-hydrogen) atoms. The van der Waals surface area contributed by atoms with Crippen LogP contribution in [0.5, 0.6) is 0 Å². The minimum Gasteiger partial charge on any atom is -0.352 e. The lowest BCUT2D eigenvalue weighted by atomic mass is 10.00. The maximum atomic E-state index is 13.8. The van der Waals surface area contributed by atoms with E-state index >= 15 is 0 Å². The van der Waals surface area contributed by atoms with Crippen LogP contribution in [0.4, 0.5) is 5.69 Å². The van der Waals surface area contributed by atoms with Crippen molar-refractivity contribution in [3.63, 3.8) is 0 Å². The van der Waals surface area contributed by atoms with Gasteiger partial charge in [0.05, 0.1) is 17.1 Å². The summed E-state index contributed by atoms with van der Waals surface area (Å²) < 4.78 is 0. The highest BCUT2D eigenvalue weighted by Crippen LogP contribution is 2.43. The highest BCUT2D eigenvalue weighted by Gasteiger charge is 2.30. The molecule has 5 nitrogen and oxygen atoms in total. The minimum atomic E-state index is -0.0907. The largest absolute Gasteiger partial charge is 0.352 e. The van der Waals surface area contributed by atoms with Crippen LogP contribution in [0, 0.1) is 6.92 Å². The smallest absolute Gasteiger partial charge is 0.265 e. The number of likely N-dealkylation sites (tertiary alicyclic amines) is 1. The fraction of sp³-hybridized carbons (Fsp3) is 0.353. The summed E-state index contributed by atoms with van der Waals surface area (Å²) >= 11 is 1.47. The first-order chi connectivity index (χ1) is 19.5. The standard InChI is InChI=1S/C34H39N3O2S/c1-3-29-15-7-8-19-36(29)20-10-18-35-33(38)28-16-17-31-30(23-28)37(24-27-14-9-11-25(2)21-27)34(39)32(40-31)22-26-12-5-4-6-13-26/h4-6,9,11-14,16-17,21-23,29H,3,7-8,10,15,18-20,24H2,1-2H3,(H,35,38)/b32-22+. The van der Waals surface area contributed by atoms with E-state index in [1.165, 1.54) is 44.0 Å². The Balaban J connectivity index is 1.33. The number of thioether (sulfide) groups is 1. The summed E-state index contributed by atoms with van der Waals surface area (Å²) in [5, 5.41) is 3.12. The molecule has 2 amide bonds. The number of carbonyl (C=O) groups is 2. The molecule has 1 atom stereocenters. The number of benzene rings is 3. The topological polar surface area (TPSA) is 52.7 Å². The molecule has 208 valence electrons. The van der Waals surface area contributed by atoms with Crippen LogP contribution in [0.2, 0.25) is 0 Å². The average Bonchev–Trinajstić information content (AvgIpc) is 2.98. The third-order valence-electron chi connectivity index (χ3n) is 7.84. The Morgan fingerprint density at radius 2 is 1.90 bits per heavy atom. The second-order valence-electron chi connectivity index (χ2n) is 10.8. The summed E-state index contributed by atoms with van der Waals surface area (Å²) in [5.41, 5.74) is 4.57. The lowest BCUT2D eigenvalue weighted by Gasteiger charge is -2.35. The van der Waals surface area contributed by atoms with Crippen molar-refractivity contribution in [3.8, 4) is 0 Å². The van der Waals surface area contributed by atoms with Crippen LogP contribution in [-0.2, 0) is 11.3 Å². The summed E-state index contributed by atoms with van der Waals surface area (Å²) in [6.45, 7) is 7.61. The summed E-state index contributed by atoms with van der Waals surface area (Å²) in [4.78, 5) is 33.0. The predicted octanol–water partition coefficient (Wildman–Crippen LogP) is 7.06. The molecule has 0 radical (unpaired) electrons. The molecular weight excluding hydrogens is 514 g/mol. The third kappa shape index (κ3) is 6.86. The summed E-state index contributed by atoms with van der Waals surface area (Å²) in [5.74, 6) is -0.139. The highest BCUT2D eigenvalue weighted by molar-refractivity contribution is 8.04. The number of nitrogens with zero attached hydrogens (tertiary/aromatic N) is 2. The van der Waals surface area contributed by atoms with E-state index in [2.05, 4.69) is 36.2 Å². The van der Waals surface area contributed by atoms with E-state index < -0.39 is 0 Å². The van der Waals surface area contributed by atoms with Gasteiger partial charge in [-0.1, -0.05) is 85.3 Å². The number of hydrogen-bond donors (Lipinski definition) is 1. The van der Waals surface area contributed by atoms with Crippen LogP contribution in [0.1, 0.15) is 66.1 Å². The van der Waals surface area contributed by atoms with Crippen LogP contribution in [0.15, 0.2) is 82.6 Å². The number of rotatable bonds is 9.